The van der Waals surface area contributed by atoms with E-state index in [-0.39, 0.29) is 67.3 Å². The van der Waals surface area contributed by atoms with Gasteiger partial charge in [-0.05, 0) is 18.5 Å². The molecule has 0 atom stereocenters. The van der Waals surface area contributed by atoms with Crippen LogP contribution in [0, 0.1) is 3.95 Å². The van der Waals surface area contributed by atoms with Crippen LogP contribution in [0.3, 0.4) is 0 Å². The molecule has 22 heavy (non-hydrogen) atoms. The van der Waals surface area contributed by atoms with Crippen molar-refractivity contribution in [1.82, 2.24) is 15.6 Å². The van der Waals surface area contributed by atoms with Crippen molar-refractivity contribution in [2.24, 2.45) is 5.84 Å². The number of aromatic nitrogens is 2. The number of hydrogen-bond acceptors (Lipinski definition) is 10. The molecular formula is C9H13KN4O2S6. The van der Waals surface area contributed by atoms with E-state index in [1.165, 1.54) is 36.9 Å². The number of aromatic amines is 1. The number of carbonyl (C=O) groups is 2. The Morgan fingerprint density at radius 1 is 1.41 bits per heavy atom. The molecule has 0 aromatic carbocycles. The second kappa shape index (κ2) is 17.1. The molecule has 0 aliphatic rings. The summed E-state index contributed by atoms with van der Waals surface area (Å²) in [5.41, 5.74) is 2.07. The summed E-state index contributed by atoms with van der Waals surface area (Å²) in [6, 6.07) is 0. The van der Waals surface area contributed by atoms with Gasteiger partial charge in [0.2, 0.25) is 0 Å². The Morgan fingerprint density at radius 2 is 1.86 bits per heavy atom. The number of hydrazine groups is 1. The molecule has 1 rings (SSSR count). The normalized spacial score (nSPS) is 8.00. The molecular weight excluding hydrogens is 428 g/mol. The molecule has 0 radical (unpaired) electrons. The van der Waals surface area contributed by atoms with Crippen LogP contribution in [-0.2, 0) is 17.4 Å². The first-order valence-corrected chi connectivity index (χ1v) is 8.66. The predicted molar refractivity (Wildman–Crippen MR) is 101 cm³/mol. The zero-order valence-corrected chi connectivity index (χ0v) is 20.3. The molecule has 4 N–H and O–H groups in total. The van der Waals surface area contributed by atoms with Crippen molar-refractivity contribution in [2.45, 2.75) is 13.8 Å². The van der Waals surface area contributed by atoms with Crippen molar-refractivity contribution >= 4 is 92.5 Å². The van der Waals surface area contributed by atoms with E-state index >= 15 is 0 Å². The average Bonchev–Trinajstić information content (AvgIpc) is 2.86. The third kappa shape index (κ3) is 17.6. The number of H-pyrrole nitrogens is 1. The minimum atomic E-state index is -0.0487. The van der Waals surface area contributed by atoms with Crippen LogP contribution in [0.5, 0.6) is 0 Å². The zero-order chi connectivity index (χ0) is 17.0. The largest absolute Gasteiger partial charge is 1.00 e. The second-order valence-electron chi connectivity index (χ2n) is 2.95. The molecule has 0 bridgehead atoms. The minimum absolute atomic E-state index is 0. The number of rotatable bonds is 2. The summed E-state index contributed by atoms with van der Waals surface area (Å²) in [4.78, 5) is 20.8. The summed E-state index contributed by atoms with van der Waals surface area (Å²) in [7, 11) is 0. The van der Waals surface area contributed by atoms with Gasteiger partial charge in [-0.3, -0.25) is 20.5 Å². The van der Waals surface area contributed by atoms with Gasteiger partial charge in [0.25, 0.3) is 0 Å². The smallest absolute Gasteiger partial charge is 0.410 e. The molecule has 1 heterocycles. The van der Waals surface area contributed by atoms with Crippen molar-refractivity contribution in [3.63, 3.8) is 0 Å². The first kappa shape index (κ1) is 28.1. The quantitative estimate of drug-likeness (QED) is 0.132. The van der Waals surface area contributed by atoms with Crippen LogP contribution in [0.15, 0.2) is 0 Å². The Morgan fingerprint density at radius 3 is 1.95 bits per heavy atom. The van der Waals surface area contributed by atoms with Crippen LogP contribution in [-0.4, -0.2) is 36.5 Å². The molecule has 6 nitrogen and oxygen atoms in total. The van der Waals surface area contributed by atoms with E-state index in [1.54, 1.807) is 6.26 Å². The van der Waals surface area contributed by atoms with E-state index in [4.69, 9.17) is 12.2 Å². The van der Waals surface area contributed by atoms with E-state index in [0.29, 0.717) is 13.2 Å². The third-order valence-corrected chi connectivity index (χ3v) is 4.20. The number of carbonyl (C=O) groups excluding carboxylic acids is 2. The maximum atomic E-state index is 10.5. The van der Waals surface area contributed by atoms with Gasteiger partial charge < -0.3 is 30.3 Å². The van der Waals surface area contributed by atoms with E-state index in [9.17, 15) is 9.59 Å². The van der Waals surface area contributed by atoms with E-state index in [1.807, 2.05) is 0 Å². The minimum Gasteiger partial charge on any atom is -0.410 e. The fraction of sp³-hybridized carbons (Fsp3) is 0.333. The van der Waals surface area contributed by atoms with E-state index in [0.717, 1.165) is 0 Å². The second-order valence-corrected chi connectivity index (χ2v) is 7.18. The summed E-state index contributed by atoms with van der Waals surface area (Å²) in [5.74, 6) is 4.62. The molecule has 0 saturated heterocycles. The number of thioether (sulfide) groups is 1. The van der Waals surface area contributed by atoms with Gasteiger partial charge in [0.05, 0.1) is 0 Å². The fourth-order valence-corrected chi connectivity index (χ4v) is 1.60. The third-order valence-electron chi connectivity index (χ3n) is 1.33. The number of nitrogens with one attached hydrogen (secondary N) is 2. The molecule has 118 valence electrons. The molecule has 0 unspecified atom stereocenters. The van der Waals surface area contributed by atoms with Crippen LogP contribution >= 0.6 is 59.8 Å². The van der Waals surface area contributed by atoms with Crippen molar-refractivity contribution in [3.8, 4) is 0 Å². The Bertz CT molecular complexity index is 558. The zero-order valence-electron chi connectivity index (χ0n) is 12.3. The molecule has 0 fully saturated rings. The Hall–Kier alpha value is 1.27. The molecule has 0 spiro atoms. The molecule has 0 saturated carbocycles. The summed E-state index contributed by atoms with van der Waals surface area (Å²) in [5, 5.41) is 6.61. The van der Waals surface area contributed by atoms with Gasteiger partial charge >= 0.3 is 51.4 Å². The molecule has 1 aromatic heterocycles. The van der Waals surface area contributed by atoms with E-state index in [2.05, 4.69) is 58.5 Å². The summed E-state index contributed by atoms with van der Waals surface area (Å²) < 4.78 is 1.20. The average molecular weight is 441 g/mol. The summed E-state index contributed by atoms with van der Waals surface area (Å²) >= 11 is 20.4. The van der Waals surface area contributed by atoms with Gasteiger partial charge in [-0.25, -0.2) is 0 Å². The Labute approximate surface area is 201 Å². The fourth-order valence-electron chi connectivity index (χ4n) is 0.524. The number of nitrogens with zero attached hydrogens (tertiary/aromatic N) is 1. The van der Waals surface area contributed by atoms with Crippen molar-refractivity contribution in [3.05, 3.63) is 8.96 Å². The van der Waals surface area contributed by atoms with Gasteiger partial charge in [0.1, 0.15) is 4.20 Å². The van der Waals surface area contributed by atoms with Gasteiger partial charge in [-0.1, -0.05) is 27.9 Å². The van der Waals surface area contributed by atoms with Crippen LogP contribution in [0.1, 0.15) is 23.6 Å². The SMILES string of the molecule is CC(=O)c1n[nH]c(=S)s1.CSC(=S)C(C)=O.NNC(=S)[S-].[K+]. The van der Waals surface area contributed by atoms with Crippen molar-refractivity contribution in [2.75, 3.05) is 6.26 Å². The molecule has 0 amide bonds. The first-order valence-electron chi connectivity index (χ1n) is 4.98. The molecule has 0 aliphatic heterocycles. The molecule has 13 heteroatoms. The molecule has 1 aromatic rings. The van der Waals surface area contributed by atoms with Gasteiger partial charge in [-0.15, -0.1) is 11.8 Å². The van der Waals surface area contributed by atoms with Crippen LogP contribution < -0.4 is 62.7 Å². The van der Waals surface area contributed by atoms with Crippen LogP contribution in [0.2, 0.25) is 0 Å². The summed E-state index contributed by atoms with van der Waals surface area (Å²) in [6.07, 6.45) is 1.80. The van der Waals surface area contributed by atoms with Gasteiger partial charge in [0.15, 0.2) is 20.5 Å². The maximum Gasteiger partial charge on any atom is 1.00 e. The number of thiocarbonyl (C=S) groups is 2. The topological polar surface area (TPSA) is 101 Å². The van der Waals surface area contributed by atoms with Crippen molar-refractivity contribution < 1.29 is 61.0 Å². The predicted octanol–water partition coefficient (Wildman–Crippen LogP) is -1.05. The first-order chi connectivity index (χ1) is 9.65. The standard InChI is InChI=1S/C4H4N2OS2.C4H6OS2.CH4N2S2.K/c1-2(7)3-5-6-4(8)9-3;1-3(5)4(6)7-2;2-3-1(4)5;/h1H3,(H,6,8);1-2H3;2H2,(H2,3,4,5);/q;;;+1/p-1. The van der Waals surface area contributed by atoms with Crippen LogP contribution in [0.25, 0.3) is 0 Å². The molecule has 0 aliphatic carbocycles. The number of Topliss-reactive ketones (excluding diaryl/α,β-unsaturated/α-hetero) is 2. The van der Waals surface area contributed by atoms with Crippen LogP contribution in [0.4, 0.5) is 0 Å². The maximum absolute atomic E-state index is 10.5. The number of ketones is 2. The Kier molecular flexibility index (Phi) is 21.8. The van der Waals surface area contributed by atoms with E-state index < -0.39 is 0 Å². The Balaban J connectivity index is -0.000000252. The monoisotopic (exact) mass is 440 g/mol. The number of nitrogens with two attached hydrogens (primary N) is 1. The summed E-state index contributed by atoms with van der Waals surface area (Å²) in [6.45, 7) is 2.93. The van der Waals surface area contributed by atoms with Gasteiger partial charge in [-0.2, -0.15) is 5.10 Å². The van der Waals surface area contributed by atoms with Crippen molar-refractivity contribution in [1.29, 1.82) is 0 Å². The number of hydrogen-bond donors (Lipinski definition) is 3. The van der Waals surface area contributed by atoms with Gasteiger partial charge in [0, 0.05) is 13.8 Å².